The van der Waals surface area contributed by atoms with Crippen molar-refractivity contribution in [3.05, 3.63) is 70.3 Å². The number of aryl methyl sites for hydroxylation is 1. The summed E-state index contributed by atoms with van der Waals surface area (Å²) in [4.78, 5) is 24.6. The van der Waals surface area contributed by atoms with Crippen molar-refractivity contribution in [3.8, 4) is 0 Å². The molecule has 1 fully saturated rings. The Bertz CT molecular complexity index is 731. The van der Waals surface area contributed by atoms with Gasteiger partial charge in [-0.25, -0.2) is 0 Å². The maximum Gasteiger partial charge on any atom is 0.269 e. The van der Waals surface area contributed by atoms with E-state index in [0.29, 0.717) is 0 Å². The van der Waals surface area contributed by atoms with E-state index in [9.17, 15) is 14.9 Å². The summed E-state index contributed by atoms with van der Waals surface area (Å²) in [6, 6.07) is 16.2. The number of nitrogens with one attached hydrogen (secondary N) is 1. The lowest BCUT2D eigenvalue weighted by molar-refractivity contribution is -0.384. The minimum atomic E-state index is -0.432. The van der Waals surface area contributed by atoms with Gasteiger partial charge in [0.15, 0.2) is 0 Å². The van der Waals surface area contributed by atoms with Crippen LogP contribution in [-0.4, -0.2) is 34.9 Å². The van der Waals surface area contributed by atoms with Crippen LogP contribution in [0.1, 0.15) is 18.4 Å². The molecule has 0 radical (unpaired) electrons. The van der Waals surface area contributed by atoms with Crippen molar-refractivity contribution in [3.63, 3.8) is 0 Å². The Morgan fingerprint density at radius 2 is 1.84 bits per heavy atom. The summed E-state index contributed by atoms with van der Waals surface area (Å²) in [5.74, 6) is 0.103. The zero-order valence-electron chi connectivity index (χ0n) is 13.9. The third-order valence-corrected chi connectivity index (χ3v) is 4.45. The van der Waals surface area contributed by atoms with Gasteiger partial charge in [0, 0.05) is 30.9 Å². The monoisotopic (exact) mass is 339 g/mol. The van der Waals surface area contributed by atoms with Gasteiger partial charge in [0.25, 0.3) is 5.69 Å². The van der Waals surface area contributed by atoms with Crippen molar-refractivity contribution in [1.29, 1.82) is 0 Å². The number of nitrogens with zero attached hydrogens (tertiary/aromatic N) is 2. The maximum atomic E-state index is 12.5. The molecule has 6 nitrogen and oxygen atoms in total. The number of nitro groups is 1. The molecule has 1 atom stereocenters. The summed E-state index contributed by atoms with van der Waals surface area (Å²) in [7, 11) is 0. The number of rotatable bonds is 7. The molecule has 1 amide bonds. The lowest BCUT2D eigenvalue weighted by Crippen LogP contribution is -2.34. The van der Waals surface area contributed by atoms with Crippen LogP contribution in [-0.2, 0) is 11.2 Å². The van der Waals surface area contributed by atoms with Gasteiger partial charge >= 0.3 is 0 Å². The number of nitro benzene ring substituents is 1. The first-order valence-corrected chi connectivity index (χ1v) is 8.47. The van der Waals surface area contributed by atoms with Crippen molar-refractivity contribution in [1.82, 2.24) is 4.90 Å². The Hall–Kier alpha value is -2.89. The van der Waals surface area contributed by atoms with E-state index in [-0.39, 0.29) is 17.6 Å². The van der Waals surface area contributed by atoms with Crippen molar-refractivity contribution in [2.45, 2.75) is 25.3 Å². The Morgan fingerprint density at radius 3 is 2.52 bits per heavy atom. The van der Waals surface area contributed by atoms with Crippen LogP contribution >= 0.6 is 0 Å². The molecule has 1 aliphatic rings. The number of hydrogen-bond acceptors (Lipinski definition) is 4. The average molecular weight is 339 g/mol. The normalized spacial score (nSPS) is 16.9. The topological polar surface area (TPSA) is 75.5 Å². The summed E-state index contributed by atoms with van der Waals surface area (Å²) >= 11 is 0. The number of amides is 1. The number of carbonyl (C=O) groups is 1. The SMILES string of the molecule is O=C1C(Nc2ccc([N+](=O)[O-])cc2)CCN1CCCc1ccccc1. The van der Waals surface area contributed by atoms with Crippen LogP contribution in [0.2, 0.25) is 0 Å². The molecule has 1 N–H and O–H groups in total. The smallest absolute Gasteiger partial charge is 0.269 e. The third-order valence-electron chi connectivity index (χ3n) is 4.45. The number of anilines is 1. The molecule has 6 heteroatoms. The molecule has 130 valence electrons. The summed E-state index contributed by atoms with van der Waals surface area (Å²) in [5, 5.41) is 13.9. The van der Waals surface area contributed by atoms with Crippen molar-refractivity contribution in [2.24, 2.45) is 0 Å². The van der Waals surface area contributed by atoms with Crippen molar-refractivity contribution < 1.29 is 9.72 Å². The Morgan fingerprint density at radius 1 is 1.12 bits per heavy atom. The number of non-ortho nitro benzene ring substituents is 1. The summed E-state index contributed by atoms with van der Waals surface area (Å²) in [5.41, 5.74) is 2.07. The molecule has 0 bridgehead atoms. The first-order valence-electron chi connectivity index (χ1n) is 8.47. The number of likely N-dealkylation sites (tertiary alicyclic amines) is 1. The molecule has 0 aliphatic carbocycles. The maximum absolute atomic E-state index is 12.5. The molecule has 0 spiro atoms. The molecule has 0 saturated carbocycles. The molecular weight excluding hydrogens is 318 g/mol. The predicted molar refractivity (Wildman–Crippen MR) is 96.5 cm³/mol. The molecule has 1 aliphatic heterocycles. The van der Waals surface area contributed by atoms with Gasteiger partial charge in [-0.1, -0.05) is 30.3 Å². The molecule has 3 rings (SSSR count). The fraction of sp³-hybridized carbons (Fsp3) is 0.316. The molecular formula is C19H21N3O3. The number of hydrogen-bond donors (Lipinski definition) is 1. The second-order valence-corrected chi connectivity index (χ2v) is 6.20. The number of benzene rings is 2. The van der Waals surface area contributed by atoms with Crippen LogP contribution in [0.3, 0.4) is 0 Å². The Labute approximate surface area is 146 Å². The summed E-state index contributed by atoms with van der Waals surface area (Å²) in [6.45, 7) is 1.50. The van der Waals surface area contributed by atoms with E-state index in [4.69, 9.17) is 0 Å². The van der Waals surface area contributed by atoms with Gasteiger partial charge in [-0.15, -0.1) is 0 Å². The molecule has 2 aromatic carbocycles. The zero-order chi connectivity index (χ0) is 17.6. The van der Waals surface area contributed by atoms with Crippen molar-refractivity contribution in [2.75, 3.05) is 18.4 Å². The van der Waals surface area contributed by atoms with Crippen LogP contribution in [0.4, 0.5) is 11.4 Å². The highest BCUT2D eigenvalue weighted by molar-refractivity contribution is 5.86. The van der Waals surface area contributed by atoms with Gasteiger partial charge in [-0.3, -0.25) is 14.9 Å². The van der Waals surface area contributed by atoms with Gasteiger partial charge in [0.1, 0.15) is 6.04 Å². The predicted octanol–water partition coefficient (Wildman–Crippen LogP) is 3.24. The first-order chi connectivity index (χ1) is 12.1. The lowest BCUT2D eigenvalue weighted by Gasteiger charge is -2.17. The molecule has 1 unspecified atom stereocenters. The Kier molecular flexibility index (Phi) is 5.28. The van der Waals surface area contributed by atoms with E-state index in [1.165, 1.54) is 17.7 Å². The fourth-order valence-electron chi connectivity index (χ4n) is 3.09. The molecule has 1 heterocycles. The second kappa shape index (κ2) is 7.79. The van der Waals surface area contributed by atoms with Gasteiger partial charge < -0.3 is 10.2 Å². The van der Waals surface area contributed by atoms with E-state index in [1.807, 2.05) is 23.1 Å². The van der Waals surface area contributed by atoms with Crippen LogP contribution in [0.5, 0.6) is 0 Å². The van der Waals surface area contributed by atoms with Crippen LogP contribution in [0, 0.1) is 10.1 Å². The fourth-order valence-corrected chi connectivity index (χ4v) is 3.09. The van der Waals surface area contributed by atoms with E-state index in [1.54, 1.807) is 12.1 Å². The van der Waals surface area contributed by atoms with Crippen LogP contribution in [0.25, 0.3) is 0 Å². The minimum Gasteiger partial charge on any atom is -0.374 e. The highest BCUT2D eigenvalue weighted by atomic mass is 16.6. The average Bonchev–Trinajstić information content (AvgIpc) is 2.97. The largest absolute Gasteiger partial charge is 0.374 e. The second-order valence-electron chi connectivity index (χ2n) is 6.20. The number of carbonyl (C=O) groups excluding carboxylic acids is 1. The van der Waals surface area contributed by atoms with Crippen LogP contribution in [0.15, 0.2) is 54.6 Å². The first kappa shape index (κ1) is 17.0. The van der Waals surface area contributed by atoms with E-state index in [0.717, 1.165) is 38.0 Å². The van der Waals surface area contributed by atoms with Gasteiger partial charge in [-0.2, -0.15) is 0 Å². The standard InChI is InChI=1S/C19H21N3O3/c23-19-18(20-16-8-10-17(11-9-16)22(24)25)12-14-21(19)13-4-7-15-5-2-1-3-6-15/h1-3,5-6,8-11,18,20H,4,7,12-14H2. The van der Waals surface area contributed by atoms with E-state index in [2.05, 4.69) is 17.4 Å². The van der Waals surface area contributed by atoms with E-state index >= 15 is 0 Å². The lowest BCUT2D eigenvalue weighted by atomic mass is 10.1. The van der Waals surface area contributed by atoms with Crippen LogP contribution < -0.4 is 5.32 Å². The molecule has 0 aromatic heterocycles. The van der Waals surface area contributed by atoms with Gasteiger partial charge in [0.2, 0.25) is 5.91 Å². The van der Waals surface area contributed by atoms with Gasteiger partial charge in [-0.05, 0) is 37.0 Å². The molecule has 25 heavy (non-hydrogen) atoms. The molecule has 2 aromatic rings. The Balaban J connectivity index is 1.48. The summed E-state index contributed by atoms with van der Waals surface area (Å²) < 4.78 is 0. The van der Waals surface area contributed by atoms with E-state index < -0.39 is 4.92 Å². The highest BCUT2D eigenvalue weighted by Gasteiger charge is 2.31. The zero-order valence-corrected chi connectivity index (χ0v) is 13.9. The quantitative estimate of drug-likeness (QED) is 0.621. The highest BCUT2D eigenvalue weighted by Crippen LogP contribution is 2.20. The van der Waals surface area contributed by atoms with Crippen molar-refractivity contribution >= 4 is 17.3 Å². The third kappa shape index (κ3) is 4.35. The molecule has 1 saturated heterocycles. The van der Waals surface area contributed by atoms with Gasteiger partial charge in [0.05, 0.1) is 4.92 Å². The minimum absolute atomic E-state index is 0.0471. The summed E-state index contributed by atoms with van der Waals surface area (Å²) in [6.07, 6.45) is 2.66.